The Bertz CT molecular complexity index is 745. The molecule has 0 bridgehead atoms. The molecule has 3 rings (SSSR count). The molecule has 0 fully saturated rings. The van der Waals surface area contributed by atoms with Crippen LogP contribution in [-0.2, 0) is 0 Å². The van der Waals surface area contributed by atoms with Gasteiger partial charge in [0.25, 0.3) is 5.89 Å². The minimum Gasteiger partial charge on any atom is -0.493 e. The number of hydrogen-bond donors (Lipinski definition) is 1. The third kappa shape index (κ3) is 2.01. The standard InChI is InChI=1S/C14H9NO4/c16-12-11(9-5-2-1-3-6-9)14(17)19-13(15-12)10-7-4-8-18-10/h1-8,16H. The zero-order valence-electron chi connectivity index (χ0n) is 9.74. The molecule has 19 heavy (non-hydrogen) atoms. The van der Waals surface area contributed by atoms with E-state index >= 15 is 0 Å². The van der Waals surface area contributed by atoms with Crippen LogP contribution in [0, 0.1) is 0 Å². The predicted octanol–water partition coefficient (Wildman–Crippen LogP) is 2.67. The highest BCUT2D eigenvalue weighted by Gasteiger charge is 2.16. The van der Waals surface area contributed by atoms with E-state index < -0.39 is 5.63 Å². The number of benzene rings is 1. The summed E-state index contributed by atoms with van der Waals surface area (Å²) in [6.45, 7) is 0. The molecule has 94 valence electrons. The maximum atomic E-state index is 11.9. The molecule has 5 nitrogen and oxygen atoms in total. The van der Waals surface area contributed by atoms with E-state index in [4.69, 9.17) is 8.83 Å². The van der Waals surface area contributed by atoms with Crippen molar-refractivity contribution in [2.75, 3.05) is 0 Å². The second-order valence-electron chi connectivity index (χ2n) is 3.85. The third-order valence-electron chi connectivity index (χ3n) is 2.62. The van der Waals surface area contributed by atoms with Crippen molar-refractivity contribution in [1.82, 2.24) is 4.98 Å². The van der Waals surface area contributed by atoms with Crippen LogP contribution >= 0.6 is 0 Å². The molecular weight excluding hydrogens is 246 g/mol. The first kappa shape index (κ1) is 11.3. The summed E-state index contributed by atoms with van der Waals surface area (Å²) in [5.41, 5.74) is -0.0757. The average molecular weight is 255 g/mol. The lowest BCUT2D eigenvalue weighted by atomic mass is 10.1. The fourth-order valence-corrected chi connectivity index (χ4v) is 1.76. The summed E-state index contributed by atoms with van der Waals surface area (Å²) in [5.74, 6) is -0.145. The molecule has 0 spiro atoms. The van der Waals surface area contributed by atoms with E-state index in [0.717, 1.165) is 0 Å². The molecule has 1 N–H and O–H groups in total. The van der Waals surface area contributed by atoms with Gasteiger partial charge in [0.2, 0.25) is 5.88 Å². The quantitative estimate of drug-likeness (QED) is 0.761. The highest BCUT2D eigenvalue weighted by atomic mass is 16.4. The second kappa shape index (κ2) is 4.45. The van der Waals surface area contributed by atoms with Crippen molar-refractivity contribution in [3.05, 3.63) is 59.1 Å². The maximum absolute atomic E-state index is 11.9. The number of aromatic nitrogens is 1. The van der Waals surface area contributed by atoms with Crippen LogP contribution in [0.5, 0.6) is 5.88 Å². The summed E-state index contributed by atoms with van der Waals surface area (Å²) in [4.78, 5) is 15.8. The van der Waals surface area contributed by atoms with Gasteiger partial charge in [-0.15, -0.1) is 0 Å². The molecule has 3 aromatic rings. The van der Waals surface area contributed by atoms with Crippen LogP contribution in [0.15, 0.2) is 62.4 Å². The average Bonchev–Trinajstić information content (AvgIpc) is 2.93. The van der Waals surface area contributed by atoms with Crippen LogP contribution in [0.4, 0.5) is 0 Å². The van der Waals surface area contributed by atoms with Gasteiger partial charge in [0.15, 0.2) is 5.76 Å². The first-order chi connectivity index (χ1) is 9.25. The lowest BCUT2D eigenvalue weighted by Gasteiger charge is -2.03. The molecule has 0 aliphatic heterocycles. The maximum Gasteiger partial charge on any atom is 0.351 e. The third-order valence-corrected chi connectivity index (χ3v) is 2.62. The SMILES string of the molecule is O=c1oc(-c2ccco2)nc(O)c1-c1ccccc1. The molecule has 0 amide bonds. The summed E-state index contributed by atoms with van der Waals surface area (Å²) in [7, 11) is 0. The summed E-state index contributed by atoms with van der Waals surface area (Å²) >= 11 is 0. The van der Waals surface area contributed by atoms with Gasteiger partial charge in [-0.2, -0.15) is 4.98 Å². The Balaban J connectivity index is 2.17. The molecule has 0 radical (unpaired) electrons. The Morgan fingerprint density at radius 3 is 2.47 bits per heavy atom. The van der Waals surface area contributed by atoms with Crippen LogP contribution in [-0.4, -0.2) is 10.1 Å². The van der Waals surface area contributed by atoms with E-state index in [9.17, 15) is 9.90 Å². The molecule has 0 aliphatic rings. The largest absolute Gasteiger partial charge is 0.493 e. The zero-order valence-corrected chi connectivity index (χ0v) is 9.74. The highest BCUT2D eigenvalue weighted by molar-refractivity contribution is 5.67. The molecule has 0 aliphatic carbocycles. The van der Waals surface area contributed by atoms with Gasteiger partial charge in [-0.05, 0) is 17.7 Å². The molecule has 2 aromatic heterocycles. The fraction of sp³-hybridized carbons (Fsp3) is 0. The van der Waals surface area contributed by atoms with Crippen LogP contribution < -0.4 is 5.63 Å². The van der Waals surface area contributed by atoms with Gasteiger partial charge in [0.1, 0.15) is 5.56 Å². The molecule has 2 heterocycles. The lowest BCUT2D eigenvalue weighted by molar-refractivity contribution is 0.416. The van der Waals surface area contributed by atoms with E-state index in [0.29, 0.717) is 5.56 Å². The normalized spacial score (nSPS) is 10.5. The highest BCUT2D eigenvalue weighted by Crippen LogP contribution is 2.26. The molecule has 0 saturated heterocycles. The topological polar surface area (TPSA) is 76.5 Å². The van der Waals surface area contributed by atoms with E-state index in [-0.39, 0.29) is 23.1 Å². The number of rotatable bonds is 2. The van der Waals surface area contributed by atoms with E-state index in [1.165, 1.54) is 6.26 Å². The van der Waals surface area contributed by atoms with Gasteiger partial charge in [0.05, 0.1) is 6.26 Å². The van der Waals surface area contributed by atoms with Crippen LogP contribution in [0.2, 0.25) is 0 Å². The van der Waals surface area contributed by atoms with Gasteiger partial charge in [-0.25, -0.2) is 4.79 Å². The van der Waals surface area contributed by atoms with Crippen LogP contribution in [0.25, 0.3) is 22.8 Å². The van der Waals surface area contributed by atoms with Crippen LogP contribution in [0.3, 0.4) is 0 Å². The smallest absolute Gasteiger partial charge is 0.351 e. The molecule has 0 unspecified atom stereocenters. The van der Waals surface area contributed by atoms with Gasteiger partial charge >= 0.3 is 5.63 Å². The van der Waals surface area contributed by atoms with Gasteiger partial charge in [0, 0.05) is 0 Å². The minimum absolute atomic E-state index is 0.0379. The fourth-order valence-electron chi connectivity index (χ4n) is 1.76. The first-order valence-electron chi connectivity index (χ1n) is 5.59. The van der Waals surface area contributed by atoms with Crippen molar-refractivity contribution >= 4 is 0 Å². The Kier molecular flexibility index (Phi) is 2.64. The summed E-state index contributed by atoms with van der Waals surface area (Å²) in [5, 5.41) is 9.91. The van der Waals surface area contributed by atoms with Crippen molar-refractivity contribution in [3.63, 3.8) is 0 Å². The first-order valence-corrected chi connectivity index (χ1v) is 5.59. The van der Waals surface area contributed by atoms with Crippen molar-refractivity contribution in [2.24, 2.45) is 0 Å². The zero-order chi connectivity index (χ0) is 13.2. The number of hydrogen-bond acceptors (Lipinski definition) is 5. The molecular formula is C14H9NO4. The van der Waals surface area contributed by atoms with Crippen molar-refractivity contribution in [2.45, 2.75) is 0 Å². The Morgan fingerprint density at radius 1 is 1.05 bits per heavy atom. The summed E-state index contributed by atoms with van der Waals surface area (Å²) < 4.78 is 10.1. The predicted molar refractivity (Wildman–Crippen MR) is 67.6 cm³/mol. The Labute approximate surface area is 107 Å². The molecule has 1 aromatic carbocycles. The Hall–Kier alpha value is -2.82. The van der Waals surface area contributed by atoms with Crippen molar-refractivity contribution < 1.29 is 13.9 Å². The van der Waals surface area contributed by atoms with Crippen LogP contribution in [0.1, 0.15) is 0 Å². The van der Waals surface area contributed by atoms with Crippen molar-refractivity contribution in [3.8, 4) is 28.7 Å². The molecule has 0 saturated carbocycles. The summed E-state index contributed by atoms with van der Waals surface area (Å²) in [6.07, 6.45) is 1.43. The van der Waals surface area contributed by atoms with Gasteiger partial charge < -0.3 is 13.9 Å². The van der Waals surface area contributed by atoms with Crippen molar-refractivity contribution in [1.29, 1.82) is 0 Å². The molecule has 0 atom stereocenters. The van der Waals surface area contributed by atoms with E-state index in [1.807, 2.05) is 6.07 Å². The number of furan rings is 1. The lowest BCUT2D eigenvalue weighted by Crippen LogP contribution is -2.05. The summed E-state index contributed by atoms with van der Waals surface area (Å²) in [6, 6.07) is 11.9. The molecule has 5 heteroatoms. The monoisotopic (exact) mass is 255 g/mol. The number of aromatic hydroxyl groups is 1. The van der Waals surface area contributed by atoms with Gasteiger partial charge in [-0.3, -0.25) is 0 Å². The number of nitrogens with zero attached hydrogens (tertiary/aromatic N) is 1. The van der Waals surface area contributed by atoms with E-state index in [1.54, 1.807) is 36.4 Å². The van der Waals surface area contributed by atoms with Gasteiger partial charge in [-0.1, -0.05) is 30.3 Å². The minimum atomic E-state index is -0.662. The Morgan fingerprint density at radius 2 is 1.84 bits per heavy atom. The second-order valence-corrected chi connectivity index (χ2v) is 3.85. The van der Waals surface area contributed by atoms with E-state index in [2.05, 4.69) is 4.98 Å².